The van der Waals surface area contributed by atoms with E-state index in [0.29, 0.717) is 19.2 Å². The predicted molar refractivity (Wildman–Crippen MR) is 101 cm³/mol. The van der Waals surface area contributed by atoms with Gasteiger partial charge in [-0.25, -0.2) is 0 Å². The molecule has 0 radical (unpaired) electrons. The van der Waals surface area contributed by atoms with Crippen LogP contribution in [-0.4, -0.2) is 31.0 Å². The van der Waals surface area contributed by atoms with E-state index in [1.54, 1.807) is 0 Å². The molecule has 2 aromatic carbocycles. The summed E-state index contributed by atoms with van der Waals surface area (Å²) in [4.78, 5) is 14.6. The molecule has 4 heteroatoms. The Morgan fingerprint density at radius 3 is 2.72 bits per heavy atom. The van der Waals surface area contributed by atoms with Crippen molar-refractivity contribution in [1.29, 1.82) is 0 Å². The molecule has 132 valence electrons. The van der Waals surface area contributed by atoms with Crippen molar-refractivity contribution in [3.8, 4) is 5.75 Å². The van der Waals surface area contributed by atoms with E-state index >= 15 is 0 Å². The number of amides is 1. The van der Waals surface area contributed by atoms with E-state index in [0.717, 1.165) is 24.3 Å². The van der Waals surface area contributed by atoms with E-state index in [2.05, 4.69) is 34.5 Å². The second-order valence-corrected chi connectivity index (χ2v) is 6.53. The van der Waals surface area contributed by atoms with Gasteiger partial charge in [-0.3, -0.25) is 9.69 Å². The van der Waals surface area contributed by atoms with Gasteiger partial charge in [-0.2, -0.15) is 0 Å². The number of likely N-dealkylation sites (N-methyl/N-ethyl adjacent to an activating group) is 1. The third-order valence-corrected chi connectivity index (χ3v) is 4.71. The summed E-state index contributed by atoms with van der Waals surface area (Å²) in [6, 6.07) is 16.4. The summed E-state index contributed by atoms with van der Waals surface area (Å²) in [7, 11) is 2.03. The number of rotatable bonds is 6. The summed E-state index contributed by atoms with van der Waals surface area (Å²) in [5.74, 6) is 0.825. The predicted octanol–water partition coefficient (Wildman–Crippen LogP) is 4.03. The molecule has 1 amide bonds. The Bertz CT molecular complexity index is 712. The number of carbonyl (C=O) groups is 1. The highest BCUT2D eigenvalue weighted by Crippen LogP contribution is 2.33. The summed E-state index contributed by atoms with van der Waals surface area (Å²) in [5, 5.41) is 2.97. The van der Waals surface area contributed by atoms with Gasteiger partial charge in [0.2, 0.25) is 5.91 Å². The topological polar surface area (TPSA) is 41.6 Å². The zero-order chi connectivity index (χ0) is 17.6. The van der Waals surface area contributed by atoms with Crippen LogP contribution in [0.5, 0.6) is 5.75 Å². The Balaban J connectivity index is 1.59. The molecule has 4 nitrogen and oxygen atoms in total. The molecular formula is C21H26N2O2. The Hall–Kier alpha value is -2.33. The van der Waals surface area contributed by atoms with Crippen molar-refractivity contribution in [3.63, 3.8) is 0 Å². The van der Waals surface area contributed by atoms with Crippen molar-refractivity contribution in [2.24, 2.45) is 0 Å². The molecule has 1 N–H and O–H groups in total. The Morgan fingerprint density at radius 2 is 1.96 bits per heavy atom. The molecular weight excluding hydrogens is 312 g/mol. The second-order valence-electron chi connectivity index (χ2n) is 6.53. The first kappa shape index (κ1) is 17.5. The summed E-state index contributed by atoms with van der Waals surface area (Å²) < 4.78 is 5.42. The summed E-state index contributed by atoms with van der Waals surface area (Å²) in [6.07, 6.45) is 3.41. The maximum atomic E-state index is 12.4. The second kappa shape index (κ2) is 8.17. The number of anilines is 1. The van der Waals surface area contributed by atoms with E-state index < -0.39 is 0 Å². The lowest BCUT2D eigenvalue weighted by atomic mass is 9.87. The van der Waals surface area contributed by atoms with Crippen LogP contribution in [0.2, 0.25) is 0 Å². The maximum Gasteiger partial charge on any atom is 0.238 e. The van der Waals surface area contributed by atoms with Crippen molar-refractivity contribution < 1.29 is 9.53 Å². The molecule has 0 heterocycles. The lowest BCUT2D eigenvalue weighted by Gasteiger charge is -2.32. The quantitative estimate of drug-likeness (QED) is 0.864. The number of carbonyl (C=O) groups excluding carboxylic acids is 1. The van der Waals surface area contributed by atoms with Crippen LogP contribution in [0.3, 0.4) is 0 Å². The van der Waals surface area contributed by atoms with Gasteiger partial charge in [0.1, 0.15) is 5.75 Å². The first-order valence-corrected chi connectivity index (χ1v) is 8.98. The Labute approximate surface area is 149 Å². The molecule has 0 spiro atoms. The number of hydrogen-bond acceptors (Lipinski definition) is 3. The van der Waals surface area contributed by atoms with Crippen molar-refractivity contribution in [3.05, 3.63) is 59.7 Å². The lowest BCUT2D eigenvalue weighted by Crippen LogP contribution is -2.34. The fourth-order valence-electron chi connectivity index (χ4n) is 3.52. The van der Waals surface area contributed by atoms with Crippen LogP contribution >= 0.6 is 0 Å². The van der Waals surface area contributed by atoms with Crippen LogP contribution in [0.25, 0.3) is 0 Å². The van der Waals surface area contributed by atoms with Gasteiger partial charge in [-0.1, -0.05) is 24.3 Å². The normalized spacial score (nSPS) is 16.4. The molecule has 0 aliphatic heterocycles. The largest absolute Gasteiger partial charge is 0.494 e. The Kier molecular flexibility index (Phi) is 5.71. The fourth-order valence-corrected chi connectivity index (χ4v) is 3.52. The molecule has 2 aromatic rings. The van der Waals surface area contributed by atoms with Gasteiger partial charge in [0, 0.05) is 11.7 Å². The molecule has 1 aliphatic rings. The molecule has 25 heavy (non-hydrogen) atoms. The number of nitrogens with one attached hydrogen (secondary N) is 1. The van der Waals surface area contributed by atoms with Gasteiger partial charge in [-0.05, 0) is 68.6 Å². The molecule has 0 bridgehead atoms. The Morgan fingerprint density at radius 1 is 1.20 bits per heavy atom. The molecule has 0 aromatic heterocycles. The molecule has 0 fully saturated rings. The lowest BCUT2D eigenvalue weighted by molar-refractivity contribution is -0.117. The number of hydrogen-bond donors (Lipinski definition) is 1. The molecule has 0 saturated carbocycles. The van der Waals surface area contributed by atoms with Gasteiger partial charge in [0.25, 0.3) is 0 Å². The average molecular weight is 338 g/mol. The van der Waals surface area contributed by atoms with Gasteiger partial charge >= 0.3 is 0 Å². The number of nitrogens with zero attached hydrogens (tertiary/aromatic N) is 1. The summed E-state index contributed by atoms with van der Waals surface area (Å²) >= 11 is 0. The van der Waals surface area contributed by atoms with Gasteiger partial charge in [0.15, 0.2) is 0 Å². The minimum absolute atomic E-state index is 0.00899. The zero-order valence-corrected chi connectivity index (χ0v) is 15.0. The first-order chi connectivity index (χ1) is 12.2. The van der Waals surface area contributed by atoms with E-state index in [1.807, 2.05) is 38.2 Å². The van der Waals surface area contributed by atoms with Gasteiger partial charge in [0.05, 0.1) is 13.2 Å². The van der Waals surface area contributed by atoms with Crippen molar-refractivity contribution >= 4 is 11.6 Å². The standard InChI is InChI=1S/C21H26N2O2/c1-3-25-18-13-11-17(12-14-18)22-21(24)15-23(2)20-10-6-8-16-7-4-5-9-19(16)20/h4-5,7,9,11-14,20H,3,6,8,10,15H2,1-2H3,(H,22,24)/t20-/m0/s1. The molecule has 0 saturated heterocycles. The van der Waals surface area contributed by atoms with E-state index in [-0.39, 0.29) is 5.91 Å². The molecule has 1 atom stereocenters. The van der Waals surface area contributed by atoms with Crippen LogP contribution in [-0.2, 0) is 11.2 Å². The van der Waals surface area contributed by atoms with Crippen LogP contribution in [0.1, 0.15) is 36.9 Å². The van der Waals surface area contributed by atoms with Crippen LogP contribution in [0, 0.1) is 0 Å². The third kappa shape index (κ3) is 4.40. The van der Waals surface area contributed by atoms with Crippen molar-refractivity contribution in [2.75, 3.05) is 25.5 Å². The van der Waals surface area contributed by atoms with Gasteiger partial charge in [-0.15, -0.1) is 0 Å². The molecule has 3 rings (SSSR count). The summed E-state index contributed by atoms with van der Waals surface area (Å²) in [5.41, 5.74) is 3.58. The van der Waals surface area contributed by atoms with Crippen LogP contribution in [0.15, 0.2) is 48.5 Å². The van der Waals surface area contributed by atoms with Crippen LogP contribution in [0.4, 0.5) is 5.69 Å². The highest BCUT2D eigenvalue weighted by atomic mass is 16.5. The van der Waals surface area contributed by atoms with Crippen LogP contribution < -0.4 is 10.1 Å². The number of ether oxygens (including phenoxy) is 1. The minimum Gasteiger partial charge on any atom is -0.494 e. The fraction of sp³-hybridized carbons (Fsp3) is 0.381. The highest BCUT2D eigenvalue weighted by Gasteiger charge is 2.24. The third-order valence-electron chi connectivity index (χ3n) is 4.71. The smallest absolute Gasteiger partial charge is 0.238 e. The van der Waals surface area contributed by atoms with E-state index in [1.165, 1.54) is 17.5 Å². The number of fused-ring (bicyclic) bond motifs is 1. The minimum atomic E-state index is 0.00899. The zero-order valence-electron chi connectivity index (χ0n) is 15.0. The maximum absolute atomic E-state index is 12.4. The first-order valence-electron chi connectivity index (χ1n) is 8.98. The molecule has 0 unspecified atom stereocenters. The average Bonchev–Trinajstić information content (AvgIpc) is 2.63. The highest BCUT2D eigenvalue weighted by molar-refractivity contribution is 5.92. The molecule has 1 aliphatic carbocycles. The van der Waals surface area contributed by atoms with E-state index in [9.17, 15) is 4.79 Å². The van der Waals surface area contributed by atoms with Crippen molar-refractivity contribution in [1.82, 2.24) is 4.90 Å². The van der Waals surface area contributed by atoms with E-state index in [4.69, 9.17) is 4.74 Å². The van der Waals surface area contributed by atoms with Crippen molar-refractivity contribution in [2.45, 2.75) is 32.2 Å². The SMILES string of the molecule is CCOc1ccc(NC(=O)CN(C)[C@H]2CCCc3ccccc32)cc1. The van der Waals surface area contributed by atoms with Gasteiger partial charge < -0.3 is 10.1 Å². The summed E-state index contributed by atoms with van der Waals surface area (Å²) in [6.45, 7) is 2.97. The number of benzene rings is 2. The number of aryl methyl sites for hydroxylation is 1. The monoisotopic (exact) mass is 338 g/mol.